The largest absolute Gasteiger partial charge is 0.449 e. The van der Waals surface area contributed by atoms with Crippen LogP contribution in [0.25, 0.3) is 0 Å². The molecule has 2 fully saturated rings. The number of aliphatic hydroxyl groups is 1. The molecule has 0 radical (unpaired) electrons. The van der Waals surface area contributed by atoms with Crippen molar-refractivity contribution >= 4 is 11.8 Å². The SMILES string of the molecule is CC(C)(C)[C@@H](C(=O)N1C[C@H](O)C[C@H]1C(=O)NCc1nc(C(F)(F)F)n2c1CCCC2)n1cc(C2CC2)nn1. The number of hydrogen-bond donors (Lipinski definition) is 2. The van der Waals surface area contributed by atoms with Crippen molar-refractivity contribution in [2.75, 3.05) is 6.54 Å². The summed E-state index contributed by atoms with van der Waals surface area (Å²) in [5, 5.41) is 21.5. The molecule has 1 saturated carbocycles. The number of aromatic nitrogens is 5. The van der Waals surface area contributed by atoms with Gasteiger partial charge in [-0.15, -0.1) is 5.10 Å². The van der Waals surface area contributed by atoms with Crippen molar-refractivity contribution in [2.45, 2.75) is 103 Å². The number of nitrogens with one attached hydrogen (secondary N) is 1. The van der Waals surface area contributed by atoms with Crippen LogP contribution >= 0.6 is 0 Å². The van der Waals surface area contributed by atoms with Crippen LogP contribution in [0.4, 0.5) is 13.2 Å². The quantitative estimate of drug-likeness (QED) is 0.585. The first-order chi connectivity index (χ1) is 17.8. The van der Waals surface area contributed by atoms with Crippen LogP contribution in [-0.2, 0) is 35.3 Å². The van der Waals surface area contributed by atoms with Gasteiger partial charge in [0.15, 0.2) is 0 Å². The van der Waals surface area contributed by atoms with E-state index in [0.29, 0.717) is 24.5 Å². The van der Waals surface area contributed by atoms with Crippen LogP contribution in [0.2, 0.25) is 0 Å². The molecule has 2 aliphatic heterocycles. The fraction of sp³-hybridized carbons (Fsp3) is 0.720. The number of halogens is 3. The lowest BCUT2D eigenvalue weighted by Crippen LogP contribution is -2.50. The molecule has 2 aromatic rings. The predicted molar refractivity (Wildman–Crippen MR) is 129 cm³/mol. The summed E-state index contributed by atoms with van der Waals surface area (Å²) in [5.74, 6) is -1.49. The lowest BCUT2D eigenvalue weighted by molar-refractivity contribution is -0.147. The van der Waals surface area contributed by atoms with Crippen molar-refractivity contribution in [3.05, 3.63) is 29.1 Å². The molecule has 3 aliphatic rings. The first-order valence-electron chi connectivity index (χ1n) is 13.2. The van der Waals surface area contributed by atoms with E-state index in [0.717, 1.165) is 25.0 Å². The van der Waals surface area contributed by atoms with Crippen LogP contribution in [0.3, 0.4) is 0 Å². The van der Waals surface area contributed by atoms with Gasteiger partial charge in [0.05, 0.1) is 24.0 Å². The topological polar surface area (TPSA) is 118 Å². The van der Waals surface area contributed by atoms with Gasteiger partial charge in [-0.05, 0) is 37.5 Å². The molecule has 38 heavy (non-hydrogen) atoms. The molecule has 2 aromatic heterocycles. The Kier molecular flexibility index (Phi) is 6.77. The number of aliphatic hydroxyl groups excluding tert-OH is 1. The smallest absolute Gasteiger partial charge is 0.391 e. The summed E-state index contributed by atoms with van der Waals surface area (Å²) in [6.07, 6.45) is 0.255. The Labute approximate surface area is 218 Å². The van der Waals surface area contributed by atoms with E-state index in [4.69, 9.17) is 0 Å². The lowest BCUT2D eigenvalue weighted by atomic mass is 9.85. The molecule has 4 heterocycles. The maximum Gasteiger partial charge on any atom is 0.449 e. The van der Waals surface area contributed by atoms with E-state index in [1.54, 1.807) is 10.9 Å². The van der Waals surface area contributed by atoms with Crippen LogP contribution in [0.15, 0.2) is 6.20 Å². The summed E-state index contributed by atoms with van der Waals surface area (Å²) < 4.78 is 43.3. The Balaban J connectivity index is 1.34. The predicted octanol–water partition coefficient (Wildman–Crippen LogP) is 2.57. The fourth-order valence-electron chi connectivity index (χ4n) is 5.59. The zero-order valence-corrected chi connectivity index (χ0v) is 21.8. The number of alkyl halides is 3. The summed E-state index contributed by atoms with van der Waals surface area (Å²) in [4.78, 5) is 32.3. The molecular formula is C25H34F3N7O3. The van der Waals surface area contributed by atoms with E-state index in [-0.39, 0.29) is 37.7 Å². The van der Waals surface area contributed by atoms with Gasteiger partial charge in [0.1, 0.15) is 12.1 Å². The molecule has 0 bridgehead atoms. The Morgan fingerprint density at radius 1 is 1.21 bits per heavy atom. The summed E-state index contributed by atoms with van der Waals surface area (Å²) in [7, 11) is 0. The van der Waals surface area contributed by atoms with Gasteiger partial charge in [-0.1, -0.05) is 26.0 Å². The summed E-state index contributed by atoms with van der Waals surface area (Å²) in [6, 6.07) is -1.72. The summed E-state index contributed by atoms with van der Waals surface area (Å²) in [5.41, 5.74) is 0.937. The van der Waals surface area contributed by atoms with Crippen molar-refractivity contribution in [2.24, 2.45) is 5.41 Å². The summed E-state index contributed by atoms with van der Waals surface area (Å²) in [6.45, 7) is 5.73. The first kappa shape index (κ1) is 26.6. The van der Waals surface area contributed by atoms with E-state index in [1.807, 2.05) is 20.8 Å². The van der Waals surface area contributed by atoms with Gasteiger partial charge in [-0.2, -0.15) is 13.2 Å². The summed E-state index contributed by atoms with van der Waals surface area (Å²) >= 11 is 0. The van der Waals surface area contributed by atoms with Crippen LogP contribution < -0.4 is 5.32 Å². The second kappa shape index (κ2) is 9.65. The van der Waals surface area contributed by atoms with Crippen molar-refractivity contribution < 1.29 is 27.9 Å². The van der Waals surface area contributed by atoms with Gasteiger partial charge in [0.25, 0.3) is 0 Å². The van der Waals surface area contributed by atoms with E-state index in [2.05, 4.69) is 20.6 Å². The highest BCUT2D eigenvalue weighted by atomic mass is 19.4. The van der Waals surface area contributed by atoms with Gasteiger partial charge in [0, 0.05) is 37.3 Å². The van der Waals surface area contributed by atoms with Crippen LogP contribution in [-0.4, -0.2) is 65.1 Å². The minimum atomic E-state index is -4.59. The standard InChI is InChI=1S/C25H34F3N7O3/c1-24(2,3)20(35-13-17(31-32-35)14-7-8-14)22(38)34-12-15(36)10-19(34)21(37)29-11-16-18-6-4-5-9-33(18)23(30-16)25(26,27)28/h13-15,19-20,36H,4-12H2,1-3H3,(H,29,37)/t15-,19+,20-/m1/s1. The van der Waals surface area contributed by atoms with Gasteiger partial charge < -0.3 is 19.9 Å². The van der Waals surface area contributed by atoms with Crippen LogP contribution in [0.5, 0.6) is 0 Å². The van der Waals surface area contributed by atoms with E-state index >= 15 is 0 Å². The molecule has 10 nitrogen and oxygen atoms in total. The number of amides is 2. The highest BCUT2D eigenvalue weighted by molar-refractivity contribution is 5.90. The van der Waals surface area contributed by atoms with Crippen LogP contribution in [0.1, 0.15) is 87.7 Å². The molecule has 3 atom stereocenters. The number of carbonyl (C=O) groups is 2. The number of fused-ring (bicyclic) bond motifs is 1. The lowest BCUT2D eigenvalue weighted by Gasteiger charge is -2.34. The van der Waals surface area contributed by atoms with Crippen molar-refractivity contribution in [1.82, 2.24) is 34.8 Å². The second-order valence-electron chi connectivity index (χ2n) is 11.7. The molecule has 2 N–H and O–H groups in total. The molecule has 1 aliphatic carbocycles. The van der Waals surface area contributed by atoms with Gasteiger partial charge in [-0.25, -0.2) is 9.67 Å². The zero-order valence-electron chi connectivity index (χ0n) is 21.8. The number of nitrogens with zero attached hydrogens (tertiary/aromatic N) is 6. The number of rotatable bonds is 6. The average Bonchev–Trinajstić information content (AvgIpc) is 3.26. The number of β-amino-alcohol motifs (C(OH)–C–C–N with tert-alkyl or cyclic N) is 1. The molecule has 5 rings (SSSR count). The average molecular weight is 538 g/mol. The van der Waals surface area contributed by atoms with Crippen molar-refractivity contribution in [3.8, 4) is 0 Å². The van der Waals surface area contributed by atoms with Gasteiger partial charge in [-0.3, -0.25) is 9.59 Å². The Hall–Kier alpha value is -2.96. The third-order valence-electron chi connectivity index (χ3n) is 7.59. The Bertz CT molecular complexity index is 1210. The van der Waals surface area contributed by atoms with E-state index in [9.17, 15) is 27.9 Å². The molecule has 0 aromatic carbocycles. The highest BCUT2D eigenvalue weighted by Crippen LogP contribution is 2.40. The van der Waals surface area contributed by atoms with Crippen molar-refractivity contribution in [1.29, 1.82) is 0 Å². The first-order valence-corrected chi connectivity index (χ1v) is 13.2. The molecule has 1 saturated heterocycles. The monoisotopic (exact) mass is 537 g/mol. The molecule has 208 valence electrons. The molecule has 0 spiro atoms. The Morgan fingerprint density at radius 3 is 2.61 bits per heavy atom. The normalized spacial score (nSPS) is 22.9. The van der Waals surface area contributed by atoms with E-state index < -0.39 is 41.5 Å². The van der Waals surface area contributed by atoms with Gasteiger partial charge >= 0.3 is 6.18 Å². The van der Waals surface area contributed by atoms with E-state index in [1.165, 1.54) is 9.47 Å². The molecule has 2 amide bonds. The molecule has 0 unspecified atom stereocenters. The third kappa shape index (κ3) is 5.16. The number of carbonyl (C=O) groups excluding carboxylic acids is 2. The minimum Gasteiger partial charge on any atom is -0.391 e. The fourth-order valence-corrected chi connectivity index (χ4v) is 5.59. The van der Waals surface area contributed by atoms with Crippen LogP contribution in [0, 0.1) is 5.41 Å². The molecular weight excluding hydrogens is 503 g/mol. The number of likely N-dealkylation sites (tertiary alicyclic amines) is 1. The highest BCUT2D eigenvalue weighted by Gasteiger charge is 2.46. The van der Waals surface area contributed by atoms with Gasteiger partial charge in [0.2, 0.25) is 17.6 Å². The molecule has 13 heteroatoms. The number of imidazole rings is 1. The van der Waals surface area contributed by atoms with Crippen molar-refractivity contribution in [3.63, 3.8) is 0 Å². The zero-order chi connectivity index (χ0) is 27.4. The Morgan fingerprint density at radius 2 is 1.95 bits per heavy atom. The number of hydrogen-bond acceptors (Lipinski definition) is 6. The minimum absolute atomic E-state index is 0.0220. The maximum absolute atomic E-state index is 13.8. The second-order valence-corrected chi connectivity index (χ2v) is 11.7. The third-order valence-corrected chi connectivity index (χ3v) is 7.59. The maximum atomic E-state index is 13.8.